The van der Waals surface area contributed by atoms with Gasteiger partial charge in [-0.05, 0) is 31.9 Å². The first-order chi connectivity index (χ1) is 11.0. The monoisotopic (exact) mass is 316 g/mol. The lowest BCUT2D eigenvalue weighted by Crippen LogP contribution is -2.55. The molecule has 2 unspecified atom stereocenters. The van der Waals surface area contributed by atoms with Gasteiger partial charge in [0.15, 0.2) is 0 Å². The van der Waals surface area contributed by atoms with Crippen LogP contribution in [0.3, 0.4) is 0 Å². The summed E-state index contributed by atoms with van der Waals surface area (Å²) in [5.41, 5.74) is 7.80. The third-order valence-corrected chi connectivity index (χ3v) is 5.12. The molecule has 1 aliphatic heterocycles. The fourth-order valence-corrected chi connectivity index (χ4v) is 3.50. The van der Waals surface area contributed by atoms with Crippen molar-refractivity contribution in [2.24, 2.45) is 11.7 Å². The number of nitrogens with two attached hydrogens (primary N) is 1. The Morgan fingerprint density at radius 3 is 2.70 bits per heavy atom. The van der Waals surface area contributed by atoms with Crippen molar-refractivity contribution in [1.29, 1.82) is 0 Å². The minimum atomic E-state index is -1.07. The van der Waals surface area contributed by atoms with Crippen LogP contribution in [0.15, 0.2) is 24.3 Å². The van der Waals surface area contributed by atoms with Crippen molar-refractivity contribution >= 4 is 13.8 Å². The molecule has 1 fully saturated rings. The molecule has 0 amide bonds. The molecule has 1 aliphatic rings. The van der Waals surface area contributed by atoms with Crippen LogP contribution in [0.25, 0.3) is 0 Å². The molecule has 126 valence electrons. The second kappa shape index (κ2) is 7.98. The largest absolute Gasteiger partial charge is 0.480 e. The molecule has 23 heavy (non-hydrogen) atoms. The molecule has 2 rings (SSSR count). The number of unbranched alkanes of at least 4 members (excludes halogenated alkanes) is 1. The number of carboxylic acid groups (broad SMARTS) is 1. The number of carboxylic acids is 1. The summed E-state index contributed by atoms with van der Waals surface area (Å²) in [6.45, 7) is 4.67. The second-order valence-corrected chi connectivity index (χ2v) is 7.01. The van der Waals surface area contributed by atoms with Crippen molar-refractivity contribution in [1.82, 2.24) is 4.90 Å². The van der Waals surface area contributed by atoms with E-state index in [1.54, 1.807) is 0 Å². The number of likely N-dealkylation sites (tertiary alicyclic amines) is 1. The lowest BCUT2D eigenvalue weighted by molar-refractivity contribution is -0.145. The van der Waals surface area contributed by atoms with Crippen molar-refractivity contribution in [2.75, 3.05) is 13.1 Å². The number of aryl methyl sites for hydroxylation is 1. The van der Waals surface area contributed by atoms with Crippen LogP contribution in [0.2, 0.25) is 6.32 Å². The average molecular weight is 316 g/mol. The summed E-state index contributed by atoms with van der Waals surface area (Å²) in [5, 5.41) is 9.66. The van der Waals surface area contributed by atoms with Gasteiger partial charge in [0.05, 0.1) is 0 Å². The number of nitrogens with zero attached hydrogens (tertiary/aromatic N) is 1. The standard InChI is InChI=1S/C18H29BN2O2/c1-14-4-6-15(7-5-14)12-21-11-8-16(13-21)18(20,17(22)23)9-2-3-10-19/h4-7,16H,2-3,8-13,19-20H2,1H3,(H,22,23). The van der Waals surface area contributed by atoms with E-state index >= 15 is 0 Å². The van der Waals surface area contributed by atoms with Crippen molar-refractivity contribution in [3.05, 3.63) is 35.4 Å². The molecular formula is C18H29BN2O2. The van der Waals surface area contributed by atoms with E-state index in [2.05, 4.69) is 43.9 Å². The van der Waals surface area contributed by atoms with Crippen LogP contribution in [0.5, 0.6) is 0 Å². The number of hydrogen-bond donors (Lipinski definition) is 2. The minimum absolute atomic E-state index is 0.0438. The highest BCUT2D eigenvalue weighted by molar-refractivity contribution is 6.08. The van der Waals surface area contributed by atoms with E-state index in [1.807, 2.05) is 0 Å². The van der Waals surface area contributed by atoms with Gasteiger partial charge in [0.25, 0.3) is 0 Å². The highest BCUT2D eigenvalue weighted by Crippen LogP contribution is 2.31. The van der Waals surface area contributed by atoms with Gasteiger partial charge in [-0.2, -0.15) is 0 Å². The Labute approximate surface area is 140 Å². The zero-order valence-corrected chi connectivity index (χ0v) is 14.4. The Morgan fingerprint density at radius 2 is 2.09 bits per heavy atom. The second-order valence-electron chi connectivity index (χ2n) is 7.01. The Balaban J connectivity index is 1.95. The van der Waals surface area contributed by atoms with Crippen LogP contribution in [0, 0.1) is 12.8 Å². The molecule has 1 saturated heterocycles. The molecule has 0 spiro atoms. The summed E-state index contributed by atoms with van der Waals surface area (Å²) in [6.07, 6.45) is 4.49. The van der Waals surface area contributed by atoms with Crippen LogP contribution in [0.1, 0.15) is 36.8 Å². The Kier molecular flexibility index (Phi) is 6.25. The maximum Gasteiger partial charge on any atom is 0.324 e. The lowest BCUT2D eigenvalue weighted by Gasteiger charge is -2.31. The molecule has 0 bridgehead atoms. The normalized spacial score (nSPS) is 21.2. The SMILES string of the molecule is BCCCCC(N)(C(=O)O)C1CCN(Cc2ccc(C)cc2)C1. The molecule has 0 radical (unpaired) electrons. The predicted octanol–water partition coefficient (Wildman–Crippen LogP) is 1.82. The predicted molar refractivity (Wildman–Crippen MR) is 96.3 cm³/mol. The molecule has 0 saturated carbocycles. The zero-order chi connectivity index (χ0) is 16.9. The lowest BCUT2D eigenvalue weighted by atomic mass is 9.79. The highest BCUT2D eigenvalue weighted by atomic mass is 16.4. The van der Waals surface area contributed by atoms with Gasteiger partial charge in [-0.1, -0.05) is 49.0 Å². The third-order valence-electron chi connectivity index (χ3n) is 5.12. The van der Waals surface area contributed by atoms with E-state index in [0.717, 1.165) is 45.2 Å². The van der Waals surface area contributed by atoms with Gasteiger partial charge in [0.2, 0.25) is 0 Å². The molecule has 0 aromatic heterocycles. The van der Waals surface area contributed by atoms with Crippen molar-refractivity contribution in [3.8, 4) is 0 Å². The minimum Gasteiger partial charge on any atom is -0.480 e. The summed E-state index contributed by atoms with van der Waals surface area (Å²) < 4.78 is 0. The number of benzene rings is 1. The molecule has 1 aromatic carbocycles. The smallest absolute Gasteiger partial charge is 0.324 e. The third kappa shape index (κ3) is 4.58. The van der Waals surface area contributed by atoms with Gasteiger partial charge in [-0.15, -0.1) is 0 Å². The maximum atomic E-state index is 11.8. The molecule has 1 aromatic rings. The molecule has 5 heteroatoms. The van der Waals surface area contributed by atoms with E-state index in [0.29, 0.717) is 6.42 Å². The molecule has 0 aliphatic carbocycles. The fourth-order valence-electron chi connectivity index (χ4n) is 3.50. The van der Waals surface area contributed by atoms with Crippen molar-refractivity contribution < 1.29 is 9.90 Å². The van der Waals surface area contributed by atoms with Crippen LogP contribution < -0.4 is 5.73 Å². The first kappa shape index (κ1) is 18.0. The average Bonchev–Trinajstić information content (AvgIpc) is 2.98. The highest BCUT2D eigenvalue weighted by Gasteiger charge is 2.44. The van der Waals surface area contributed by atoms with Crippen molar-refractivity contribution in [2.45, 2.75) is 51.0 Å². The number of aliphatic carboxylic acids is 1. The topological polar surface area (TPSA) is 66.6 Å². The fraction of sp³-hybridized carbons (Fsp3) is 0.611. The van der Waals surface area contributed by atoms with Gasteiger partial charge in [-0.25, -0.2) is 0 Å². The van der Waals surface area contributed by atoms with Gasteiger partial charge in [0.1, 0.15) is 13.4 Å². The van der Waals surface area contributed by atoms with E-state index in [4.69, 9.17) is 5.73 Å². The molecule has 1 heterocycles. The number of hydrogen-bond acceptors (Lipinski definition) is 3. The molecule has 2 atom stereocenters. The zero-order valence-electron chi connectivity index (χ0n) is 14.4. The van der Waals surface area contributed by atoms with Gasteiger partial charge in [-0.3, -0.25) is 9.69 Å². The first-order valence-electron chi connectivity index (χ1n) is 8.76. The molecule has 3 N–H and O–H groups in total. The van der Waals surface area contributed by atoms with Crippen LogP contribution in [0.4, 0.5) is 0 Å². The summed E-state index contributed by atoms with van der Waals surface area (Å²) in [5.74, 6) is -0.793. The van der Waals surface area contributed by atoms with E-state index < -0.39 is 11.5 Å². The van der Waals surface area contributed by atoms with E-state index in [9.17, 15) is 9.90 Å². The van der Waals surface area contributed by atoms with E-state index in [-0.39, 0.29) is 5.92 Å². The Hall–Kier alpha value is -1.33. The number of rotatable bonds is 8. The van der Waals surface area contributed by atoms with Gasteiger partial charge < -0.3 is 10.8 Å². The molecule has 4 nitrogen and oxygen atoms in total. The summed E-state index contributed by atoms with van der Waals surface area (Å²) in [7, 11) is 2.12. The van der Waals surface area contributed by atoms with Crippen LogP contribution in [-0.2, 0) is 11.3 Å². The van der Waals surface area contributed by atoms with Crippen LogP contribution >= 0.6 is 0 Å². The maximum absolute atomic E-state index is 11.8. The Bertz CT molecular complexity index is 520. The van der Waals surface area contributed by atoms with Gasteiger partial charge in [0, 0.05) is 19.0 Å². The summed E-state index contributed by atoms with van der Waals surface area (Å²) in [6, 6.07) is 8.55. The van der Waals surface area contributed by atoms with E-state index in [1.165, 1.54) is 11.1 Å². The first-order valence-corrected chi connectivity index (χ1v) is 8.76. The number of carbonyl (C=O) groups is 1. The summed E-state index contributed by atoms with van der Waals surface area (Å²) in [4.78, 5) is 14.1. The molecular weight excluding hydrogens is 287 g/mol. The van der Waals surface area contributed by atoms with Crippen molar-refractivity contribution in [3.63, 3.8) is 0 Å². The Morgan fingerprint density at radius 1 is 1.39 bits per heavy atom. The quantitative estimate of drug-likeness (QED) is 0.567. The summed E-state index contributed by atoms with van der Waals surface area (Å²) >= 11 is 0. The van der Waals surface area contributed by atoms with Crippen LogP contribution in [-0.4, -0.2) is 42.5 Å². The van der Waals surface area contributed by atoms with Gasteiger partial charge >= 0.3 is 5.97 Å².